The highest BCUT2D eigenvalue weighted by molar-refractivity contribution is 9.10. The van der Waals surface area contributed by atoms with Crippen molar-refractivity contribution in [3.8, 4) is 11.5 Å². The van der Waals surface area contributed by atoms with Crippen molar-refractivity contribution in [1.82, 2.24) is 0 Å². The Hall–Kier alpha value is -1.27. The molecule has 4 N–H and O–H groups in total. The Morgan fingerprint density at radius 3 is 2.71 bits per heavy atom. The molecule has 0 saturated carbocycles. The van der Waals surface area contributed by atoms with E-state index >= 15 is 0 Å². The standard InChI is InChI=1S/C11H14BrNO4/c1-5-6(12)3-8(14)11(17-2)10(5)7(13)4-9(15)16/h3,7,14H,4,13H2,1-2H3,(H,15,16). The Balaban J connectivity index is 3.33. The lowest BCUT2D eigenvalue weighted by Crippen LogP contribution is -2.17. The topological polar surface area (TPSA) is 92.8 Å². The fourth-order valence-corrected chi connectivity index (χ4v) is 2.11. The lowest BCUT2D eigenvalue weighted by atomic mass is 9.98. The van der Waals surface area contributed by atoms with Crippen LogP contribution >= 0.6 is 15.9 Å². The number of aromatic hydroxyl groups is 1. The van der Waals surface area contributed by atoms with Gasteiger partial charge in [-0.05, 0) is 18.6 Å². The van der Waals surface area contributed by atoms with Crippen LogP contribution < -0.4 is 10.5 Å². The first-order chi connectivity index (χ1) is 7.88. The minimum atomic E-state index is -1.00. The summed E-state index contributed by atoms with van der Waals surface area (Å²) in [6.07, 6.45) is -0.229. The number of methoxy groups -OCH3 is 1. The van der Waals surface area contributed by atoms with Gasteiger partial charge < -0.3 is 20.7 Å². The van der Waals surface area contributed by atoms with Gasteiger partial charge in [0, 0.05) is 16.1 Å². The van der Waals surface area contributed by atoms with E-state index in [1.807, 2.05) is 0 Å². The van der Waals surface area contributed by atoms with Gasteiger partial charge in [0.25, 0.3) is 0 Å². The Morgan fingerprint density at radius 2 is 2.24 bits per heavy atom. The van der Waals surface area contributed by atoms with Gasteiger partial charge in [0.2, 0.25) is 0 Å². The number of phenols is 1. The van der Waals surface area contributed by atoms with Crippen molar-refractivity contribution in [2.75, 3.05) is 7.11 Å². The van der Waals surface area contributed by atoms with Gasteiger partial charge in [0.15, 0.2) is 11.5 Å². The molecular formula is C11H14BrNO4. The number of aliphatic carboxylic acids is 1. The average molecular weight is 304 g/mol. The summed E-state index contributed by atoms with van der Waals surface area (Å²) in [6.45, 7) is 1.78. The molecule has 1 aromatic carbocycles. The van der Waals surface area contributed by atoms with Crippen molar-refractivity contribution < 1.29 is 19.7 Å². The molecule has 0 spiro atoms. The third kappa shape index (κ3) is 2.89. The maximum absolute atomic E-state index is 10.7. The van der Waals surface area contributed by atoms with E-state index in [0.29, 0.717) is 10.0 Å². The van der Waals surface area contributed by atoms with Gasteiger partial charge in [-0.3, -0.25) is 4.79 Å². The van der Waals surface area contributed by atoms with Gasteiger partial charge in [-0.15, -0.1) is 0 Å². The zero-order chi connectivity index (χ0) is 13.2. The second-order valence-corrected chi connectivity index (χ2v) is 4.51. The largest absolute Gasteiger partial charge is 0.504 e. The third-order valence-electron chi connectivity index (χ3n) is 2.47. The minimum absolute atomic E-state index is 0.0687. The number of carbonyl (C=O) groups is 1. The third-order valence-corrected chi connectivity index (χ3v) is 3.30. The number of rotatable bonds is 4. The van der Waals surface area contributed by atoms with Gasteiger partial charge in [0.05, 0.1) is 13.5 Å². The van der Waals surface area contributed by atoms with E-state index in [2.05, 4.69) is 15.9 Å². The highest BCUT2D eigenvalue weighted by atomic mass is 79.9. The molecule has 0 fully saturated rings. The van der Waals surface area contributed by atoms with Crippen molar-refractivity contribution in [3.05, 3.63) is 21.7 Å². The maximum atomic E-state index is 10.7. The molecule has 6 heteroatoms. The molecule has 5 nitrogen and oxygen atoms in total. The number of phenolic OH excluding ortho intramolecular Hbond substituents is 1. The van der Waals surface area contributed by atoms with Crippen LogP contribution in [-0.4, -0.2) is 23.3 Å². The van der Waals surface area contributed by atoms with E-state index in [4.69, 9.17) is 15.6 Å². The second-order valence-electron chi connectivity index (χ2n) is 3.65. The first-order valence-electron chi connectivity index (χ1n) is 4.91. The van der Waals surface area contributed by atoms with Gasteiger partial charge in [-0.2, -0.15) is 0 Å². The van der Waals surface area contributed by atoms with E-state index in [9.17, 15) is 9.90 Å². The summed E-state index contributed by atoms with van der Waals surface area (Å²) < 4.78 is 5.73. The Kier molecular flexibility index (Phi) is 4.36. The van der Waals surface area contributed by atoms with Gasteiger partial charge in [0.1, 0.15) is 0 Å². The molecule has 1 aromatic rings. The normalized spacial score (nSPS) is 12.2. The minimum Gasteiger partial charge on any atom is -0.504 e. The number of halogens is 1. The SMILES string of the molecule is COc1c(O)cc(Br)c(C)c1C(N)CC(=O)O. The summed E-state index contributed by atoms with van der Waals surface area (Å²) >= 11 is 3.28. The molecule has 1 atom stereocenters. The van der Waals surface area contributed by atoms with Crippen LogP contribution in [0.25, 0.3) is 0 Å². The van der Waals surface area contributed by atoms with Crippen molar-refractivity contribution >= 4 is 21.9 Å². The van der Waals surface area contributed by atoms with E-state index in [1.54, 1.807) is 6.92 Å². The van der Waals surface area contributed by atoms with Crippen LogP contribution in [0, 0.1) is 6.92 Å². The quantitative estimate of drug-likeness (QED) is 0.790. The molecule has 0 bridgehead atoms. The fourth-order valence-electron chi connectivity index (χ4n) is 1.68. The summed E-state index contributed by atoms with van der Waals surface area (Å²) in [4.78, 5) is 10.7. The average Bonchev–Trinajstić information content (AvgIpc) is 2.21. The van der Waals surface area contributed by atoms with Gasteiger partial charge >= 0.3 is 5.97 Å². The molecule has 0 heterocycles. The molecule has 0 saturated heterocycles. The van der Waals surface area contributed by atoms with Crippen LogP contribution in [0.4, 0.5) is 0 Å². The summed E-state index contributed by atoms with van der Waals surface area (Å²) in [5.74, 6) is -0.848. The predicted molar refractivity (Wildman–Crippen MR) is 66.3 cm³/mol. The number of hydrogen-bond acceptors (Lipinski definition) is 4. The molecule has 94 valence electrons. The molecule has 1 unspecified atom stereocenters. The van der Waals surface area contributed by atoms with Crippen molar-refractivity contribution in [1.29, 1.82) is 0 Å². The summed E-state index contributed by atoms with van der Waals surface area (Å²) in [5, 5.41) is 18.5. The highest BCUT2D eigenvalue weighted by Gasteiger charge is 2.22. The summed E-state index contributed by atoms with van der Waals surface area (Å²) in [7, 11) is 1.40. The van der Waals surface area contributed by atoms with Gasteiger partial charge in [-0.1, -0.05) is 15.9 Å². The molecule has 0 aliphatic heterocycles. The second kappa shape index (κ2) is 5.37. The van der Waals surface area contributed by atoms with E-state index in [-0.39, 0.29) is 17.9 Å². The Morgan fingerprint density at radius 1 is 1.65 bits per heavy atom. The van der Waals surface area contributed by atoms with Crippen molar-refractivity contribution in [2.24, 2.45) is 5.73 Å². The predicted octanol–water partition coefficient (Wildman–Crippen LogP) is 1.95. The van der Waals surface area contributed by atoms with Crippen LogP contribution in [0.3, 0.4) is 0 Å². The first kappa shape index (κ1) is 13.8. The molecule has 1 rings (SSSR count). The van der Waals surface area contributed by atoms with Gasteiger partial charge in [-0.25, -0.2) is 0 Å². The van der Waals surface area contributed by atoms with Crippen molar-refractivity contribution in [3.63, 3.8) is 0 Å². The lowest BCUT2D eigenvalue weighted by Gasteiger charge is -2.19. The number of benzene rings is 1. The molecule has 0 aliphatic rings. The monoisotopic (exact) mass is 303 g/mol. The maximum Gasteiger partial charge on any atom is 0.305 e. The summed E-state index contributed by atoms with van der Waals surface area (Å²) in [5.41, 5.74) is 7.08. The summed E-state index contributed by atoms with van der Waals surface area (Å²) in [6, 6.07) is 0.761. The Labute approximate surface area is 107 Å². The zero-order valence-electron chi connectivity index (χ0n) is 9.53. The van der Waals surface area contributed by atoms with Crippen molar-refractivity contribution in [2.45, 2.75) is 19.4 Å². The number of carboxylic acids is 1. The lowest BCUT2D eigenvalue weighted by molar-refractivity contribution is -0.137. The molecule has 0 aromatic heterocycles. The molecule has 0 aliphatic carbocycles. The molecular weight excluding hydrogens is 290 g/mol. The highest BCUT2D eigenvalue weighted by Crippen LogP contribution is 2.40. The molecule has 0 amide bonds. The van der Waals surface area contributed by atoms with Crippen LogP contribution in [-0.2, 0) is 4.79 Å². The van der Waals surface area contributed by atoms with Crippen LogP contribution in [0.2, 0.25) is 0 Å². The number of hydrogen-bond donors (Lipinski definition) is 3. The first-order valence-corrected chi connectivity index (χ1v) is 5.71. The zero-order valence-corrected chi connectivity index (χ0v) is 11.1. The van der Waals surface area contributed by atoms with E-state index in [1.165, 1.54) is 13.2 Å². The van der Waals surface area contributed by atoms with E-state index in [0.717, 1.165) is 5.56 Å². The van der Waals surface area contributed by atoms with E-state index < -0.39 is 12.0 Å². The number of carboxylic acid groups (broad SMARTS) is 1. The smallest absolute Gasteiger partial charge is 0.305 e. The molecule has 0 radical (unpaired) electrons. The van der Waals surface area contributed by atoms with Crippen LogP contribution in [0.1, 0.15) is 23.6 Å². The number of ether oxygens (including phenoxy) is 1. The Bertz CT molecular complexity index is 448. The van der Waals surface area contributed by atoms with Crippen LogP contribution in [0.15, 0.2) is 10.5 Å². The molecule has 17 heavy (non-hydrogen) atoms. The fraction of sp³-hybridized carbons (Fsp3) is 0.364. The number of nitrogens with two attached hydrogens (primary N) is 1. The van der Waals surface area contributed by atoms with Crippen LogP contribution in [0.5, 0.6) is 11.5 Å².